The molecule has 1 amide bonds. The SMILES string of the molecule is Cc1cc(C)c(CNC(=O)c2csc(CCCCc3nc4ccccc4[nH]3)n2)cn1. The number of thiazole rings is 1. The number of imidazole rings is 1. The molecule has 0 bridgehead atoms. The van der Waals surface area contributed by atoms with Crippen molar-refractivity contribution in [3.05, 3.63) is 75.3 Å². The van der Waals surface area contributed by atoms with Crippen LogP contribution in [-0.4, -0.2) is 25.8 Å². The molecule has 0 unspecified atom stereocenters. The van der Waals surface area contributed by atoms with Crippen molar-refractivity contribution < 1.29 is 4.79 Å². The average molecular weight is 420 g/mol. The second-order valence-electron chi connectivity index (χ2n) is 7.47. The first-order chi connectivity index (χ1) is 14.6. The fourth-order valence-electron chi connectivity index (χ4n) is 3.40. The van der Waals surface area contributed by atoms with Crippen LogP contribution in [0.5, 0.6) is 0 Å². The summed E-state index contributed by atoms with van der Waals surface area (Å²) in [5.74, 6) is 0.885. The summed E-state index contributed by atoms with van der Waals surface area (Å²) < 4.78 is 0. The van der Waals surface area contributed by atoms with Crippen LogP contribution in [0.3, 0.4) is 0 Å². The monoisotopic (exact) mass is 419 g/mol. The predicted molar refractivity (Wildman–Crippen MR) is 120 cm³/mol. The lowest BCUT2D eigenvalue weighted by Crippen LogP contribution is -2.23. The molecule has 30 heavy (non-hydrogen) atoms. The highest BCUT2D eigenvalue weighted by molar-refractivity contribution is 7.09. The molecule has 0 atom stereocenters. The minimum atomic E-state index is -0.139. The standard InChI is InChI=1S/C23H25N5OS/c1-15-11-16(2)24-12-17(15)13-25-23(29)20-14-30-22(28-20)10-6-5-9-21-26-18-7-3-4-8-19(18)27-21/h3-4,7-8,11-12,14H,5-6,9-10,13H2,1-2H3,(H,25,29)(H,26,27). The normalized spacial score (nSPS) is 11.1. The fourth-order valence-corrected chi connectivity index (χ4v) is 4.22. The number of carbonyl (C=O) groups is 1. The predicted octanol–water partition coefficient (Wildman–Crippen LogP) is 4.53. The number of rotatable bonds is 8. The fraction of sp³-hybridized carbons (Fsp3) is 0.304. The van der Waals surface area contributed by atoms with E-state index in [0.29, 0.717) is 12.2 Å². The van der Waals surface area contributed by atoms with Crippen molar-refractivity contribution in [2.24, 2.45) is 0 Å². The number of nitrogens with zero attached hydrogens (tertiary/aromatic N) is 3. The second kappa shape index (κ2) is 9.17. The number of aromatic amines is 1. The van der Waals surface area contributed by atoms with Gasteiger partial charge in [-0.2, -0.15) is 0 Å². The number of unbranched alkanes of at least 4 members (excludes halogenated alkanes) is 1. The zero-order chi connectivity index (χ0) is 20.9. The van der Waals surface area contributed by atoms with E-state index in [2.05, 4.69) is 25.3 Å². The lowest BCUT2D eigenvalue weighted by Gasteiger charge is -2.07. The Morgan fingerprint density at radius 1 is 1.13 bits per heavy atom. The van der Waals surface area contributed by atoms with Crippen molar-refractivity contribution in [2.45, 2.75) is 46.1 Å². The Morgan fingerprint density at radius 3 is 2.80 bits per heavy atom. The number of fused-ring (bicyclic) bond motifs is 1. The van der Waals surface area contributed by atoms with Crippen molar-refractivity contribution in [3.63, 3.8) is 0 Å². The number of aryl methyl sites for hydroxylation is 4. The number of para-hydroxylation sites is 2. The largest absolute Gasteiger partial charge is 0.347 e. The van der Waals surface area contributed by atoms with E-state index < -0.39 is 0 Å². The maximum atomic E-state index is 12.4. The van der Waals surface area contributed by atoms with Crippen LogP contribution >= 0.6 is 11.3 Å². The smallest absolute Gasteiger partial charge is 0.271 e. The second-order valence-corrected chi connectivity index (χ2v) is 8.41. The van der Waals surface area contributed by atoms with Gasteiger partial charge in [0.1, 0.15) is 11.5 Å². The van der Waals surface area contributed by atoms with E-state index in [1.54, 1.807) is 11.3 Å². The van der Waals surface area contributed by atoms with E-state index in [-0.39, 0.29) is 5.91 Å². The van der Waals surface area contributed by atoms with E-state index in [9.17, 15) is 4.79 Å². The molecule has 0 fully saturated rings. The summed E-state index contributed by atoms with van der Waals surface area (Å²) in [5.41, 5.74) is 5.72. The molecule has 0 aliphatic carbocycles. The van der Waals surface area contributed by atoms with E-state index in [1.165, 1.54) is 0 Å². The van der Waals surface area contributed by atoms with Crippen LogP contribution in [0.1, 0.15) is 51.0 Å². The summed E-state index contributed by atoms with van der Waals surface area (Å²) in [6.45, 7) is 4.45. The first kappa shape index (κ1) is 20.2. The van der Waals surface area contributed by atoms with Crippen LogP contribution in [0.4, 0.5) is 0 Å². The molecular weight excluding hydrogens is 394 g/mol. The molecule has 7 heteroatoms. The van der Waals surface area contributed by atoms with E-state index in [0.717, 1.165) is 64.4 Å². The summed E-state index contributed by atoms with van der Waals surface area (Å²) in [6.07, 6.45) is 5.65. The highest BCUT2D eigenvalue weighted by Crippen LogP contribution is 2.16. The van der Waals surface area contributed by atoms with E-state index >= 15 is 0 Å². The zero-order valence-corrected chi connectivity index (χ0v) is 18.1. The molecule has 6 nitrogen and oxygen atoms in total. The summed E-state index contributed by atoms with van der Waals surface area (Å²) in [4.78, 5) is 29.2. The molecule has 0 aliphatic rings. The summed E-state index contributed by atoms with van der Waals surface area (Å²) >= 11 is 1.55. The van der Waals surface area contributed by atoms with Crippen LogP contribution in [-0.2, 0) is 19.4 Å². The Morgan fingerprint density at radius 2 is 1.97 bits per heavy atom. The summed E-state index contributed by atoms with van der Waals surface area (Å²) in [5, 5.41) is 5.78. The number of nitrogens with one attached hydrogen (secondary N) is 2. The molecule has 2 N–H and O–H groups in total. The first-order valence-electron chi connectivity index (χ1n) is 10.2. The topological polar surface area (TPSA) is 83.6 Å². The third-order valence-corrected chi connectivity index (χ3v) is 5.98. The van der Waals surface area contributed by atoms with Gasteiger partial charge in [-0.15, -0.1) is 11.3 Å². The molecular formula is C23H25N5OS. The Bertz CT molecular complexity index is 1130. The van der Waals surface area contributed by atoms with Crippen LogP contribution in [0.15, 0.2) is 41.9 Å². The number of benzene rings is 1. The third-order valence-electron chi connectivity index (χ3n) is 5.07. The molecule has 1 aromatic carbocycles. The van der Waals surface area contributed by atoms with Gasteiger partial charge < -0.3 is 10.3 Å². The highest BCUT2D eigenvalue weighted by atomic mass is 32.1. The molecule has 154 valence electrons. The van der Waals surface area contributed by atoms with Gasteiger partial charge in [-0.3, -0.25) is 9.78 Å². The minimum Gasteiger partial charge on any atom is -0.347 e. The summed E-state index contributed by atoms with van der Waals surface area (Å²) in [7, 11) is 0. The Hall–Kier alpha value is -3.06. The molecule has 4 aromatic rings. The minimum absolute atomic E-state index is 0.139. The van der Waals surface area contributed by atoms with Crippen molar-refractivity contribution in [2.75, 3.05) is 0 Å². The number of hydrogen-bond donors (Lipinski definition) is 2. The first-order valence-corrected chi connectivity index (χ1v) is 11.0. The van der Waals surface area contributed by atoms with Crippen LogP contribution in [0.25, 0.3) is 11.0 Å². The molecule has 3 heterocycles. The van der Waals surface area contributed by atoms with Crippen molar-refractivity contribution in [1.82, 2.24) is 25.3 Å². The van der Waals surface area contributed by atoms with Gasteiger partial charge in [0.2, 0.25) is 0 Å². The molecule has 0 saturated carbocycles. The molecule has 0 spiro atoms. The molecule has 0 saturated heterocycles. The van der Waals surface area contributed by atoms with Crippen molar-refractivity contribution >= 4 is 28.3 Å². The van der Waals surface area contributed by atoms with Crippen LogP contribution in [0, 0.1) is 13.8 Å². The number of amides is 1. The highest BCUT2D eigenvalue weighted by Gasteiger charge is 2.11. The molecule has 0 aliphatic heterocycles. The summed E-state index contributed by atoms with van der Waals surface area (Å²) in [6, 6.07) is 10.1. The van der Waals surface area contributed by atoms with Crippen LogP contribution < -0.4 is 5.32 Å². The molecule has 4 rings (SSSR count). The number of aromatic nitrogens is 4. The Kier molecular flexibility index (Phi) is 6.18. The number of H-pyrrole nitrogens is 1. The Labute approximate surface area is 179 Å². The van der Waals surface area contributed by atoms with Gasteiger partial charge in [0, 0.05) is 30.2 Å². The molecule has 3 aromatic heterocycles. The van der Waals surface area contributed by atoms with E-state index in [4.69, 9.17) is 0 Å². The van der Waals surface area contributed by atoms with Gasteiger partial charge in [-0.05, 0) is 62.4 Å². The molecule has 0 radical (unpaired) electrons. The third kappa shape index (κ3) is 4.91. The van der Waals surface area contributed by atoms with Gasteiger partial charge in [0.15, 0.2) is 0 Å². The number of carbonyl (C=O) groups excluding carboxylic acids is 1. The van der Waals surface area contributed by atoms with Gasteiger partial charge >= 0.3 is 0 Å². The van der Waals surface area contributed by atoms with E-state index in [1.807, 2.05) is 55.8 Å². The quantitative estimate of drug-likeness (QED) is 0.411. The maximum Gasteiger partial charge on any atom is 0.271 e. The van der Waals surface area contributed by atoms with Crippen molar-refractivity contribution in [1.29, 1.82) is 0 Å². The Balaban J connectivity index is 1.23. The lowest BCUT2D eigenvalue weighted by atomic mass is 10.1. The van der Waals surface area contributed by atoms with Gasteiger partial charge in [0.05, 0.1) is 16.0 Å². The average Bonchev–Trinajstić information content (AvgIpc) is 3.37. The van der Waals surface area contributed by atoms with Gasteiger partial charge in [0.25, 0.3) is 5.91 Å². The lowest BCUT2D eigenvalue weighted by molar-refractivity contribution is 0.0946. The van der Waals surface area contributed by atoms with Gasteiger partial charge in [-0.25, -0.2) is 9.97 Å². The number of hydrogen-bond acceptors (Lipinski definition) is 5. The van der Waals surface area contributed by atoms with Gasteiger partial charge in [-0.1, -0.05) is 12.1 Å². The zero-order valence-electron chi connectivity index (χ0n) is 17.2. The van der Waals surface area contributed by atoms with Crippen molar-refractivity contribution in [3.8, 4) is 0 Å². The maximum absolute atomic E-state index is 12.4. The number of pyridine rings is 1. The van der Waals surface area contributed by atoms with Crippen LogP contribution in [0.2, 0.25) is 0 Å².